The van der Waals surface area contributed by atoms with Gasteiger partial charge in [0.15, 0.2) is 0 Å². The third-order valence-corrected chi connectivity index (χ3v) is 6.08. The number of carbonyl (C=O) groups excluding carboxylic acids is 3. The van der Waals surface area contributed by atoms with Gasteiger partial charge in [-0.25, -0.2) is 9.69 Å². The Morgan fingerprint density at radius 1 is 0.931 bits per heavy atom. The van der Waals surface area contributed by atoms with Gasteiger partial charge in [-0.15, -0.1) is 0 Å². The first-order valence-corrected chi connectivity index (χ1v) is 9.59. The number of fused-ring (bicyclic) bond motifs is 5. The lowest BCUT2D eigenvalue weighted by molar-refractivity contribution is -0.123. The van der Waals surface area contributed by atoms with Crippen molar-refractivity contribution in [1.82, 2.24) is 0 Å². The highest BCUT2D eigenvalue weighted by Crippen LogP contribution is 2.53. The Hall–Kier alpha value is -3.41. The van der Waals surface area contributed by atoms with E-state index in [1.165, 1.54) is 11.0 Å². The van der Waals surface area contributed by atoms with Gasteiger partial charge in [0.25, 0.3) is 0 Å². The zero-order valence-electron chi connectivity index (χ0n) is 15.8. The van der Waals surface area contributed by atoms with Crippen LogP contribution in [-0.4, -0.2) is 24.9 Å². The summed E-state index contributed by atoms with van der Waals surface area (Å²) in [6, 6.07) is 13.1. The minimum absolute atomic E-state index is 0.148. The molecule has 4 unspecified atom stereocenters. The first kappa shape index (κ1) is 17.7. The number of carbonyl (C=O) groups is 3. The number of allylic oxidation sites excluding steroid dienone is 2. The van der Waals surface area contributed by atoms with Crippen LogP contribution in [-0.2, 0) is 9.59 Å². The minimum Gasteiger partial charge on any atom is -0.497 e. The number of methoxy groups -OCH3 is 1. The third kappa shape index (κ3) is 2.75. The van der Waals surface area contributed by atoms with E-state index in [2.05, 4.69) is 12.2 Å². The molecule has 1 heterocycles. The molecule has 3 aliphatic rings. The molecule has 5 rings (SSSR count). The van der Waals surface area contributed by atoms with Gasteiger partial charge in [-0.3, -0.25) is 9.59 Å². The van der Waals surface area contributed by atoms with Crippen LogP contribution < -0.4 is 14.4 Å². The van der Waals surface area contributed by atoms with E-state index in [0.29, 0.717) is 17.2 Å². The van der Waals surface area contributed by atoms with Crippen LogP contribution in [0.4, 0.5) is 5.69 Å². The number of rotatable bonds is 4. The summed E-state index contributed by atoms with van der Waals surface area (Å²) in [4.78, 5) is 39.7. The van der Waals surface area contributed by atoms with E-state index in [0.717, 1.165) is 6.42 Å². The maximum absolute atomic E-state index is 13.0. The maximum atomic E-state index is 13.0. The van der Waals surface area contributed by atoms with E-state index >= 15 is 0 Å². The summed E-state index contributed by atoms with van der Waals surface area (Å²) < 4.78 is 10.5. The molecular formula is C23H19NO5. The average molecular weight is 389 g/mol. The van der Waals surface area contributed by atoms with Gasteiger partial charge in [0.1, 0.15) is 11.5 Å². The molecule has 1 saturated heterocycles. The Morgan fingerprint density at radius 2 is 1.55 bits per heavy atom. The molecule has 0 radical (unpaired) electrons. The van der Waals surface area contributed by atoms with Crippen LogP contribution in [0.3, 0.4) is 0 Å². The van der Waals surface area contributed by atoms with Crippen molar-refractivity contribution < 1.29 is 23.9 Å². The zero-order valence-corrected chi connectivity index (χ0v) is 15.8. The summed E-state index contributed by atoms with van der Waals surface area (Å²) >= 11 is 0. The van der Waals surface area contributed by atoms with Gasteiger partial charge in [0.05, 0.1) is 30.2 Å². The van der Waals surface area contributed by atoms with Gasteiger partial charge in [-0.1, -0.05) is 18.2 Å². The maximum Gasteiger partial charge on any atom is 0.343 e. The van der Waals surface area contributed by atoms with Crippen LogP contribution in [0.5, 0.6) is 11.5 Å². The van der Waals surface area contributed by atoms with Gasteiger partial charge in [-0.2, -0.15) is 0 Å². The minimum atomic E-state index is -0.557. The second-order valence-electron chi connectivity index (χ2n) is 7.63. The molecule has 2 aliphatic carbocycles. The highest BCUT2D eigenvalue weighted by molar-refractivity contribution is 6.23. The monoisotopic (exact) mass is 389 g/mol. The number of benzene rings is 2. The lowest BCUT2D eigenvalue weighted by Crippen LogP contribution is -2.33. The lowest BCUT2D eigenvalue weighted by atomic mass is 9.85. The van der Waals surface area contributed by atoms with Gasteiger partial charge in [-0.05, 0) is 60.7 Å². The summed E-state index contributed by atoms with van der Waals surface area (Å²) in [6.45, 7) is 0. The normalized spacial score (nSPS) is 26.7. The predicted octanol–water partition coefficient (Wildman–Crippen LogP) is 3.23. The Morgan fingerprint density at radius 3 is 2.17 bits per heavy atom. The first-order valence-electron chi connectivity index (χ1n) is 9.59. The molecule has 6 heteroatoms. The molecule has 2 fully saturated rings. The first-order chi connectivity index (χ1) is 14.1. The topological polar surface area (TPSA) is 72.9 Å². The van der Waals surface area contributed by atoms with Crippen molar-refractivity contribution in [2.45, 2.75) is 6.42 Å². The molecular weight excluding hydrogens is 370 g/mol. The van der Waals surface area contributed by atoms with E-state index in [1.54, 1.807) is 49.6 Å². The predicted molar refractivity (Wildman–Crippen MR) is 105 cm³/mol. The molecule has 2 aromatic rings. The molecule has 0 aromatic heterocycles. The van der Waals surface area contributed by atoms with Crippen LogP contribution in [0.2, 0.25) is 0 Å². The number of nitrogens with zero attached hydrogens (tertiary/aromatic N) is 1. The highest BCUT2D eigenvalue weighted by atomic mass is 16.5. The van der Waals surface area contributed by atoms with E-state index in [-0.39, 0.29) is 41.0 Å². The van der Waals surface area contributed by atoms with Crippen molar-refractivity contribution >= 4 is 23.5 Å². The molecule has 146 valence electrons. The summed E-state index contributed by atoms with van der Waals surface area (Å²) in [5.74, 6) is -0.101. The Labute approximate surface area is 167 Å². The molecule has 4 atom stereocenters. The Bertz CT molecular complexity index is 1010. The van der Waals surface area contributed by atoms with Crippen molar-refractivity contribution in [3.8, 4) is 11.5 Å². The lowest BCUT2D eigenvalue weighted by Gasteiger charge is -2.18. The smallest absolute Gasteiger partial charge is 0.343 e. The molecule has 0 N–H and O–H groups in total. The molecule has 1 aliphatic heterocycles. The number of imide groups is 1. The summed E-state index contributed by atoms with van der Waals surface area (Å²) in [5.41, 5.74) is 0.690. The van der Waals surface area contributed by atoms with Gasteiger partial charge >= 0.3 is 5.97 Å². The largest absolute Gasteiger partial charge is 0.497 e. The zero-order chi connectivity index (χ0) is 20.1. The fraction of sp³-hybridized carbons (Fsp3) is 0.261. The number of amides is 2. The van der Waals surface area contributed by atoms with E-state index in [4.69, 9.17) is 9.47 Å². The second kappa shape index (κ2) is 6.58. The summed E-state index contributed by atoms with van der Waals surface area (Å²) in [7, 11) is 1.56. The second-order valence-corrected chi connectivity index (χ2v) is 7.63. The van der Waals surface area contributed by atoms with Crippen LogP contribution in [0.1, 0.15) is 16.8 Å². The Kier molecular flexibility index (Phi) is 4.01. The van der Waals surface area contributed by atoms with E-state index in [9.17, 15) is 14.4 Å². The standard InChI is InChI=1S/C23H19NO5/c1-28-17-7-9-18(10-8-17)29-23(27)15-3-2-4-16(12-15)24-21(25)19-13-5-6-14(11-13)20(19)22(24)26/h2-10,12-14,19-20H,11H2,1H3. The van der Waals surface area contributed by atoms with Crippen LogP contribution >= 0.6 is 0 Å². The van der Waals surface area contributed by atoms with Gasteiger partial charge in [0.2, 0.25) is 11.8 Å². The third-order valence-electron chi connectivity index (χ3n) is 6.08. The van der Waals surface area contributed by atoms with E-state index in [1.807, 2.05) is 0 Å². The molecule has 0 spiro atoms. The number of hydrogen-bond donors (Lipinski definition) is 0. The van der Waals surface area contributed by atoms with Crippen LogP contribution in [0.25, 0.3) is 0 Å². The van der Waals surface area contributed by atoms with Crippen LogP contribution in [0.15, 0.2) is 60.7 Å². The van der Waals surface area contributed by atoms with Crippen molar-refractivity contribution in [1.29, 1.82) is 0 Å². The molecule has 2 amide bonds. The average Bonchev–Trinajstić information content (AvgIpc) is 3.42. The quantitative estimate of drug-likeness (QED) is 0.347. The fourth-order valence-electron chi connectivity index (χ4n) is 4.74. The van der Waals surface area contributed by atoms with E-state index < -0.39 is 5.97 Å². The molecule has 6 nitrogen and oxygen atoms in total. The Balaban J connectivity index is 1.38. The summed E-state index contributed by atoms with van der Waals surface area (Å²) in [6.07, 6.45) is 5.00. The van der Waals surface area contributed by atoms with Crippen molar-refractivity contribution in [2.75, 3.05) is 12.0 Å². The molecule has 29 heavy (non-hydrogen) atoms. The van der Waals surface area contributed by atoms with Crippen molar-refractivity contribution in [2.24, 2.45) is 23.7 Å². The van der Waals surface area contributed by atoms with Gasteiger partial charge < -0.3 is 9.47 Å². The number of ether oxygens (including phenoxy) is 2. The highest BCUT2D eigenvalue weighted by Gasteiger charge is 2.59. The SMILES string of the molecule is COc1ccc(OC(=O)c2cccc(N3C(=O)C4C5C=CC(C5)C4C3=O)c2)cc1. The van der Waals surface area contributed by atoms with Crippen molar-refractivity contribution in [3.63, 3.8) is 0 Å². The summed E-state index contributed by atoms with van der Waals surface area (Å²) in [5, 5.41) is 0. The number of esters is 1. The number of hydrogen-bond acceptors (Lipinski definition) is 5. The fourth-order valence-corrected chi connectivity index (χ4v) is 4.74. The van der Waals surface area contributed by atoms with Crippen molar-refractivity contribution in [3.05, 3.63) is 66.2 Å². The molecule has 2 aromatic carbocycles. The van der Waals surface area contributed by atoms with Crippen LogP contribution in [0, 0.1) is 23.7 Å². The number of anilines is 1. The molecule has 1 saturated carbocycles. The van der Waals surface area contributed by atoms with Gasteiger partial charge in [0, 0.05) is 0 Å². The molecule has 2 bridgehead atoms.